The van der Waals surface area contributed by atoms with Gasteiger partial charge in [-0.25, -0.2) is 13.6 Å². The second kappa shape index (κ2) is 9.03. The molecule has 0 spiro atoms. The highest BCUT2D eigenvalue weighted by Gasteiger charge is 2.36. The number of hydrogen-bond donors (Lipinski definition) is 1. The summed E-state index contributed by atoms with van der Waals surface area (Å²) >= 11 is 0. The first-order chi connectivity index (χ1) is 17.2. The van der Waals surface area contributed by atoms with Crippen molar-refractivity contribution in [2.75, 3.05) is 4.90 Å². The molecule has 36 heavy (non-hydrogen) atoms. The summed E-state index contributed by atoms with van der Waals surface area (Å²) < 4.78 is 33.0. The fourth-order valence-electron chi connectivity index (χ4n) is 4.34. The first kappa shape index (κ1) is 23.4. The molecule has 1 aromatic heterocycles. The SMILES string of the molecule is CC1=C(c2nc(-c3ccc(F)cc3)no2)C(c2ccc(C)c(C)c2)NC(=O)N1c1ccc(F)c(C)c1. The summed E-state index contributed by atoms with van der Waals surface area (Å²) in [7, 11) is 0. The number of carbonyl (C=O) groups is 1. The Bertz CT molecular complexity index is 1510. The van der Waals surface area contributed by atoms with Gasteiger partial charge >= 0.3 is 6.03 Å². The minimum Gasteiger partial charge on any atom is -0.334 e. The number of anilines is 1. The van der Waals surface area contributed by atoms with E-state index in [1.54, 1.807) is 38.1 Å². The van der Waals surface area contributed by atoms with Gasteiger partial charge in [-0.1, -0.05) is 23.4 Å². The van der Waals surface area contributed by atoms with E-state index in [9.17, 15) is 13.6 Å². The van der Waals surface area contributed by atoms with Crippen molar-refractivity contribution in [1.82, 2.24) is 15.5 Å². The zero-order chi connectivity index (χ0) is 25.6. The van der Waals surface area contributed by atoms with E-state index in [1.165, 1.54) is 23.1 Å². The van der Waals surface area contributed by atoms with E-state index in [1.807, 2.05) is 32.0 Å². The van der Waals surface area contributed by atoms with Gasteiger partial charge in [0.25, 0.3) is 5.89 Å². The molecule has 8 heteroatoms. The highest BCUT2D eigenvalue weighted by Crippen LogP contribution is 2.39. The Morgan fingerprint density at radius 2 is 1.64 bits per heavy atom. The Hall–Kier alpha value is -4.33. The molecule has 0 saturated carbocycles. The standard InChI is InChI=1S/C28H24F2N4O2/c1-15-5-6-20(13-16(15)2)25-24(27-32-26(33-36-27)19-7-9-21(29)10-8-19)18(4)34(28(35)31-25)22-11-12-23(30)17(3)14-22/h5-14,25H,1-4H3,(H,31,35). The normalized spacial score (nSPS) is 15.9. The lowest BCUT2D eigenvalue weighted by molar-refractivity contribution is 0.244. The van der Waals surface area contributed by atoms with Crippen LogP contribution < -0.4 is 10.2 Å². The largest absolute Gasteiger partial charge is 0.334 e. The van der Waals surface area contributed by atoms with E-state index >= 15 is 0 Å². The van der Waals surface area contributed by atoms with Crippen LogP contribution in [0.4, 0.5) is 19.3 Å². The number of aryl methyl sites for hydroxylation is 3. The first-order valence-corrected chi connectivity index (χ1v) is 11.5. The first-order valence-electron chi connectivity index (χ1n) is 11.5. The Balaban J connectivity index is 1.67. The molecule has 0 radical (unpaired) electrons. The Morgan fingerprint density at radius 3 is 2.33 bits per heavy atom. The lowest BCUT2D eigenvalue weighted by atomic mass is 9.92. The Morgan fingerprint density at radius 1 is 0.889 bits per heavy atom. The molecule has 182 valence electrons. The highest BCUT2D eigenvalue weighted by atomic mass is 19.1. The van der Waals surface area contributed by atoms with Gasteiger partial charge < -0.3 is 9.84 Å². The summed E-state index contributed by atoms with van der Waals surface area (Å²) in [6.07, 6.45) is 0. The van der Waals surface area contributed by atoms with Crippen LogP contribution in [0.2, 0.25) is 0 Å². The number of benzene rings is 3. The smallest absolute Gasteiger partial charge is 0.326 e. The maximum absolute atomic E-state index is 14.0. The molecule has 5 rings (SSSR count). The third kappa shape index (κ3) is 4.15. The van der Waals surface area contributed by atoms with Crippen molar-refractivity contribution in [1.29, 1.82) is 0 Å². The van der Waals surface area contributed by atoms with Crippen LogP contribution in [0.15, 0.2) is 70.9 Å². The van der Waals surface area contributed by atoms with Gasteiger partial charge in [0.05, 0.1) is 17.3 Å². The van der Waals surface area contributed by atoms with Crippen molar-refractivity contribution in [3.63, 3.8) is 0 Å². The summed E-state index contributed by atoms with van der Waals surface area (Å²) in [5, 5.41) is 7.16. The monoisotopic (exact) mass is 486 g/mol. The molecule has 1 aliphatic rings. The molecular weight excluding hydrogens is 462 g/mol. The number of amides is 2. The van der Waals surface area contributed by atoms with E-state index in [0.29, 0.717) is 33.9 Å². The average molecular weight is 487 g/mol. The number of nitrogens with zero attached hydrogens (tertiary/aromatic N) is 3. The summed E-state index contributed by atoms with van der Waals surface area (Å²) in [6, 6.07) is 15.3. The van der Waals surface area contributed by atoms with Gasteiger partial charge in [-0.2, -0.15) is 4.98 Å². The lowest BCUT2D eigenvalue weighted by Crippen LogP contribution is -2.46. The molecule has 1 atom stereocenters. The number of carbonyl (C=O) groups excluding carboxylic acids is 1. The topological polar surface area (TPSA) is 71.3 Å². The van der Waals surface area contributed by atoms with Crippen molar-refractivity contribution >= 4 is 17.3 Å². The van der Waals surface area contributed by atoms with E-state index in [4.69, 9.17) is 4.52 Å². The number of urea groups is 1. The van der Waals surface area contributed by atoms with Crippen molar-refractivity contribution in [3.8, 4) is 11.4 Å². The zero-order valence-electron chi connectivity index (χ0n) is 20.3. The molecule has 1 unspecified atom stereocenters. The van der Waals surface area contributed by atoms with Gasteiger partial charge in [0.1, 0.15) is 11.6 Å². The fraction of sp³-hybridized carbons (Fsp3) is 0.179. The van der Waals surface area contributed by atoms with E-state index in [2.05, 4.69) is 15.5 Å². The third-order valence-electron chi connectivity index (χ3n) is 6.51. The summed E-state index contributed by atoms with van der Waals surface area (Å²) in [5.74, 6) is -0.202. The molecule has 3 aromatic carbocycles. The summed E-state index contributed by atoms with van der Waals surface area (Å²) in [4.78, 5) is 19.4. The molecule has 1 aliphatic heterocycles. The van der Waals surface area contributed by atoms with Crippen molar-refractivity contribution in [2.24, 2.45) is 0 Å². The van der Waals surface area contributed by atoms with Gasteiger partial charge in [-0.3, -0.25) is 4.90 Å². The second-order valence-electron chi connectivity index (χ2n) is 8.92. The number of aromatic nitrogens is 2. The van der Waals surface area contributed by atoms with Crippen LogP contribution in [0.3, 0.4) is 0 Å². The molecule has 0 saturated heterocycles. The van der Waals surface area contributed by atoms with Crippen LogP contribution in [0.25, 0.3) is 17.0 Å². The van der Waals surface area contributed by atoms with Crippen LogP contribution >= 0.6 is 0 Å². The fourth-order valence-corrected chi connectivity index (χ4v) is 4.34. The molecule has 1 N–H and O–H groups in total. The van der Waals surface area contributed by atoms with E-state index in [-0.39, 0.29) is 23.6 Å². The summed E-state index contributed by atoms with van der Waals surface area (Å²) in [6.45, 7) is 7.47. The quantitative estimate of drug-likeness (QED) is 0.351. The minimum absolute atomic E-state index is 0.221. The number of halogens is 2. The molecule has 6 nitrogen and oxygen atoms in total. The van der Waals surface area contributed by atoms with Crippen molar-refractivity contribution < 1.29 is 18.1 Å². The maximum Gasteiger partial charge on any atom is 0.326 e. The number of rotatable bonds is 4. The predicted molar refractivity (Wildman–Crippen MR) is 133 cm³/mol. The van der Waals surface area contributed by atoms with Gasteiger partial charge in [-0.15, -0.1) is 0 Å². The predicted octanol–water partition coefficient (Wildman–Crippen LogP) is 6.64. The van der Waals surface area contributed by atoms with Crippen molar-refractivity contribution in [3.05, 3.63) is 106 Å². The van der Waals surface area contributed by atoms with Gasteiger partial charge in [-0.05, 0) is 92.4 Å². The van der Waals surface area contributed by atoms with Gasteiger partial charge in [0.2, 0.25) is 5.82 Å². The van der Waals surface area contributed by atoms with E-state index < -0.39 is 6.04 Å². The third-order valence-corrected chi connectivity index (χ3v) is 6.51. The maximum atomic E-state index is 14.0. The lowest BCUT2D eigenvalue weighted by Gasteiger charge is -2.35. The Labute approximate surface area is 207 Å². The van der Waals surface area contributed by atoms with Crippen LogP contribution in [-0.4, -0.2) is 16.2 Å². The number of hydrogen-bond acceptors (Lipinski definition) is 4. The Kier molecular flexibility index (Phi) is 5.88. The molecule has 2 heterocycles. The second-order valence-corrected chi connectivity index (χ2v) is 8.92. The van der Waals surface area contributed by atoms with Gasteiger partial charge in [0.15, 0.2) is 0 Å². The van der Waals surface area contributed by atoms with Crippen LogP contribution in [0.1, 0.15) is 41.1 Å². The minimum atomic E-state index is -0.559. The molecular formula is C28H24F2N4O2. The summed E-state index contributed by atoms with van der Waals surface area (Å²) in [5.41, 5.74) is 5.77. The van der Waals surface area contributed by atoms with Gasteiger partial charge in [0, 0.05) is 11.3 Å². The molecule has 0 bridgehead atoms. The molecule has 0 aliphatic carbocycles. The zero-order valence-corrected chi connectivity index (χ0v) is 20.3. The van der Waals surface area contributed by atoms with E-state index in [0.717, 1.165) is 16.7 Å². The average Bonchev–Trinajstić information content (AvgIpc) is 3.33. The van der Waals surface area contributed by atoms with Crippen LogP contribution in [0.5, 0.6) is 0 Å². The molecule has 2 amide bonds. The number of allylic oxidation sites excluding steroid dienone is 1. The molecule has 4 aromatic rings. The molecule has 0 fully saturated rings. The van der Waals surface area contributed by atoms with Crippen LogP contribution in [-0.2, 0) is 0 Å². The van der Waals surface area contributed by atoms with Crippen LogP contribution in [0, 0.1) is 32.4 Å². The van der Waals surface area contributed by atoms with Crippen molar-refractivity contribution in [2.45, 2.75) is 33.7 Å². The highest BCUT2D eigenvalue weighted by molar-refractivity contribution is 6.01. The number of nitrogens with one attached hydrogen (secondary N) is 1.